The zero-order valence-corrected chi connectivity index (χ0v) is 10.9. The number of hydrogen-bond donors (Lipinski definition) is 1. The Morgan fingerprint density at radius 1 is 1.71 bits per heavy atom. The highest BCUT2D eigenvalue weighted by molar-refractivity contribution is 7.13. The van der Waals surface area contributed by atoms with Crippen LogP contribution in [-0.2, 0) is 16.0 Å². The summed E-state index contributed by atoms with van der Waals surface area (Å²) in [7, 11) is 0. The number of nitrogen functional groups attached to an aromatic ring is 1. The smallest absolute Gasteiger partial charge is 0.229 e. The number of amides is 1. The van der Waals surface area contributed by atoms with E-state index in [0.29, 0.717) is 24.7 Å². The predicted molar refractivity (Wildman–Crippen MR) is 66.8 cm³/mol. The molecule has 1 amide bonds. The molecule has 5 nitrogen and oxygen atoms in total. The van der Waals surface area contributed by atoms with Crippen LogP contribution in [0.25, 0.3) is 0 Å². The molecule has 2 atom stereocenters. The zero-order chi connectivity index (χ0) is 12.4. The van der Waals surface area contributed by atoms with Crippen molar-refractivity contribution in [2.75, 3.05) is 18.9 Å². The molecule has 0 aliphatic carbocycles. The third-order valence-electron chi connectivity index (χ3n) is 2.83. The maximum atomic E-state index is 12.1. The van der Waals surface area contributed by atoms with Crippen LogP contribution in [0, 0.1) is 0 Å². The van der Waals surface area contributed by atoms with Gasteiger partial charge >= 0.3 is 0 Å². The van der Waals surface area contributed by atoms with E-state index in [-0.39, 0.29) is 18.1 Å². The zero-order valence-electron chi connectivity index (χ0n) is 10.0. The second kappa shape index (κ2) is 5.01. The van der Waals surface area contributed by atoms with Gasteiger partial charge in [-0.2, -0.15) is 0 Å². The monoisotopic (exact) mass is 255 g/mol. The van der Waals surface area contributed by atoms with Crippen LogP contribution < -0.4 is 5.73 Å². The molecule has 1 fully saturated rings. The van der Waals surface area contributed by atoms with Gasteiger partial charge in [-0.25, -0.2) is 4.98 Å². The predicted octanol–water partition coefficient (Wildman–Crippen LogP) is 0.904. The quantitative estimate of drug-likeness (QED) is 0.852. The van der Waals surface area contributed by atoms with E-state index in [1.54, 1.807) is 0 Å². The molecule has 17 heavy (non-hydrogen) atoms. The highest BCUT2D eigenvalue weighted by atomic mass is 32.1. The third kappa shape index (κ3) is 2.95. The Balaban J connectivity index is 1.99. The topological polar surface area (TPSA) is 68.5 Å². The van der Waals surface area contributed by atoms with E-state index in [2.05, 4.69) is 4.98 Å². The highest BCUT2D eigenvalue weighted by Gasteiger charge is 2.27. The Hall–Kier alpha value is -1.14. The van der Waals surface area contributed by atoms with Gasteiger partial charge in [-0.1, -0.05) is 0 Å². The molecular formula is C11H17N3O2S. The summed E-state index contributed by atoms with van der Waals surface area (Å²) in [5.41, 5.74) is 6.30. The Morgan fingerprint density at radius 3 is 3.12 bits per heavy atom. The number of nitrogens with two attached hydrogens (primary N) is 1. The summed E-state index contributed by atoms with van der Waals surface area (Å²) in [5, 5.41) is 2.35. The minimum atomic E-state index is 0.0953. The number of thiazole rings is 1. The number of nitrogens with zero attached hydrogens (tertiary/aromatic N) is 2. The highest BCUT2D eigenvalue weighted by Crippen LogP contribution is 2.16. The fraction of sp³-hybridized carbons (Fsp3) is 0.636. The van der Waals surface area contributed by atoms with Crippen LogP contribution in [0.3, 0.4) is 0 Å². The van der Waals surface area contributed by atoms with Crippen molar-refractivity contribution < 1.29 is 9.53 Å². The number of anilines is 1. The summed E-state index contributed by atoms with van der Waals surface area (Å²) < 4.78 is 5.50. The summed E-state index contributed by atoms with van der Waals surface area (Å²) >= 11 is 1.37. The molecule has 0 radical (unpaired) electrons. The lowest BCUT2D eigenvalue weighted by molar-refractivity contribution is -0.142. The van der Waals surface area contributed by atoms with Crippen molar-refractivity contribution in [2.45, 2.75) is 32.4 Å². The van der Waals surface area contributed by atoms with Crippen LogP contribution in [0.2, 0.25) is 0 Å². The fourth-order valence-corrected chi connectivity index (χ4v) is 2.47. The van der Waals surface area contributed by atoms with Crippen molar-refractivity contribution in [2.24, 2.45) is 0 Å². The van der Waals surface area contributed by atoms with Gasteiger partial charge < -0.3 is 15.4 Å². The number of aromatic nitrogens is 1. The van der Waals surface area contributed by atoms with Crippen LogP contribution in [0.1, 0.15) is 19.5 Å². The number of hydrogen-bond acceptors (Lipinski definition) is 5. The fourth-order valence-electron chi connectivity index (χ4n) is 1.91. The largest absolute Gasteiger partial charge is 0.375 e. The summed E-state index contributed by atoms with van der Waals surface area (Å²) in [6.07, 6.45) is 0.431. The van der Waals surface area contributed by atoms with Crippen molar-refractivity contribution in [1.29, 1.82) is 0 Å². The van der Waals surface area contributed by atoms with Gasteiger partial charge in [-0.3, -0.25) is 4.79 Å². The summed E-state index contributed by atoms with van der Waals surface area (Å²) in [6.45, 7) is 5.23. The molecule has 0 bridgehead atoms. The van der Waals surface area contributed by atoms with E-state index in [0.717, 1.165) is 5.69 Å². The first kappa shape index (κ1) is 12.3. The van der Waals surface area contributed by atoms with Crippen LogP contribution in [0.4, 0.5) is 5.13 Å². The van der Waals surface area contributed by atoms with E-state index in [1.807, 2.05) is 24.1 Å². The minimum absolute atomic E-state index is 0.0953. The molecule has 1 saturated heterocycles. The number of ether oxygens (including phenoxy) is 1. The molecule has 1 aliphatic rings. The van der Waals surface area contributed by atoms with Crippen LogP contribution in [-0.4, -0.2) is 41.1 Å². The van der Waals surface area contributed by atoms with Gasteiger partial charge in [0.1, 0.15) is 0 Å². The molecule has 0 saturated carbocycles. The summed E-state index contributed by atoms with van der Waals surface area (Å²) in [6, 6.07) is 0.134. The van der Waals surface area contributed by atoms with Crippen molar-refractivity contribution in [1.82, 2.24) is 9.88 Å². The Morgan fingerprint density at radius 2 is 2.47 bits per heavy atom. The van der Waals surface area contributed by atoms with E-state index in [1.165, 1.54) is 11.3 Å². The first-order valence-corrected chi connectivity index (χ1v) is 6.55. The van der Waals surface area contributed by atoms with Gasteiger partial charge in [0.25, 0.3) is 0 Å². The lowest BCUT2D eigenvalue weighted by atomic mass is 10.2. The van der Waals surface area contributed by atoms with Crippen molar-refractivity contribution >= 4 is 22.4 Å². The van der Waals surface area contributed by atoms with E-state index in [9.17, 15) is 4.79 Å². The van der Waals surface area contributed by atoms with Crippen molar-refractivity contribution in [3.63, 3.8) is 0 Å². The number of carbonyl (C=O) groups excluding carboxylic acids is 1. The van der Waals surface area contributed by atoms with Crippen molar-refractivity contribution in [3.05, 3.63) is 11.1 Å². The van der Waals surface area contributed by atoms with E-state index in [4.69, 9.17) is 10.5 Å². The number of carbonyl (C=O) groups is 1. The first-order chi connectivity index (χ1) is 8.06. The molecule has 2 rings (SSSR count). The molecule has 1 aromatic heterocycles. The van der Waals surface area contributed by atoms with E-state index < -0.39 is 0 Å². The molecule has 0 spiro atoms. The SMILES string of the molecule is CC1CN(C(=O)Cc2csc(N)n2)C(C)CO1. The Labute approximate surface area is 105 Å². The van der Waals surface area contributed by atoms with Gasteiger partial charge in [0.15, 0.2) is 5.13 Å². The number of rotatable bonds is 2. The average molecular weight is 255 g/mol. The third-order valence-corrected chi connectivity index (χ3v) is 3.55. The van der Waals surface area contributed by atoms with Gasteiger partial charge in [0.2, 0.25) is 5.91 Å². The molecule has 0 aromatic carbocycles. The van der Waals surface area contributed by atoms with Crippen LogP contribution >= 0.6 is 11.3 Å². The Bertz CT molecular complexity index is 407. The maximum Gasteiger partial charge on any atom is 0.229 e. The molecule has 94 valence electrons. The normalized spacial score (nSPS) is 24.9. The maximum absolute atomic E-state index is 12.1. The lowest BCUT2D eigenvalue weighted by Crippen LogP contribution is -2.50. The molecule has 1 aromatic rings. The van der Waals surface area contributed by atoms with Crippen molar-refractivity contribution in [3.8, 4) is 0 Å². The molecule has 1 aliphatic heterocycles. The average Bonchev–Trinajstić information content (AvgIpc) is 2.67. The standard InChI is InChI=1S/C11H17N3O2S/c1-7-5-16-8(2)4-14(7)10(15)3-9-6-17-11(12)13-9/h6-8H,3-5H2,1-2H3,(H2,12,13). The second-order valence-electron chi connectivity index (χ2n) is 4.39. The minimum Gasteiger partial charge on any atom is -0.375 e. The molecule has 2 heterocycles. The Kier molecular flexibility index (Phi) is 3.63. The lowest BCUT2D eigenvalue weighted by Gasteiger charge is -2.36. The van der Waals surface area contributed by atoms with Gasteiger partial charge in [0, 0.05) is 11.9 Å². The molecular weight excluding hydrogens is 238 g/mol. The summed E-state index contributed by atoms with van der Waals surface area (Å²) in [5.74, 6) is 0.0953. The second-order valence-corrected chi connectivity index (χ2v) is 5.28. The first-order valence-electron chi connectivity index (χ1n) is 5.67. The van der Waals surface area contributed by atoms with E-state index >= 15 is 0 Å². The summed E-state index contributed by atoms with van der Waals surface area (Å²) in [4.78, 5) is 18.1. The van der Waals surface area contributed by atoms with Gasteiger partial charge in [-0.15, -0.1) is 11.3 Å². The van der Waals surface area contributed by atoms with Gasteiger partial charge in [0.05, 0.1) is 30.9 Å². The molecule has 6 heteroatoms. The van der Waals surface area contributed by atoms with Crippen LogP contribution in [0.5, 0.6) is 0 Å². The molecule has 2 N–H and O–H groups in total. The van der Waals surface area contributed by atoms with Gasteiger partial charge in [-0.05, 0) is 13.8 Å². The van der Waals surface area contributed by atoms with Crippen LogP contribution in [0.15, 0.2) is 5.38 Å². The molecule has 2 unspecified atom stereocenters. The number of morpholine rings is 1.